The lowest BCUT2D eigenvalue weighted by Crippen LogP contribution is -2.44. The van der Waals surface area contributed by atoms with Crippen LogP contribution >= 0.6 is 24.8 Å². The van der Waals surface area contributed by atoms with Gasteiger partial charge in [-0.15, -0.1) is 24.8 Å². The minimum Gasteiger partial charge on any atom is -0.314 e. The fourth-order valence-electron chi connectivity index (χ4n) is 2.72. The number of nitro benzene ring substituents is 1. The Morgan fingerprint density at radius 3 is 2.50 bits per heavy atom. The summed E-state index contributed by atoms with van der Waals surface area (Å²) in [6.07, 6.45) is 1.20. The largest absolute Gasteiger partial charge is 0.314 e. The summed E-state index contributed by atoms with van der Waals surface area (Å²) in [5.74, 6) is 0. The quantitative estimate of drug-likeness (QED) is 0.369. The van der Waals surface area contributed by atoms with E-state index in [1.807, 2.05) is 6.92 Å². The van der Waals surface area contributed by atoms with Gasteiger partial charge in [-0.2, -0.15) is 0 Å². The summed E-state index contributed by atoms with van der Waals surface area (Å²) in [4.78, 5) is 12.6. The van der Waals surface area contributed by atoms with Gasteiger partial charge in [0.1, 0.15) is 0 Å². The molecule has 26 heavy (non-hydrogen) atoms. The molecule has 0 amide bonds. The van der Waals surface area contributed by atoms with Crippen molar-refractivity contribution in [2.75, 3.05) is 39.3 Å². The molecule has 11 heteroatoms. The van der Waals surface area contributed by atoms with Crippen LogP contribution in [0.3, 0.4) is 0 Å². The molecule has 0 spiro atoms. The topological polar surface area (TPSA) is 105 Å². The van der Waals surface area contributed by atoms with Gasteiger partial charge >= 0.3 is 0 Å². The van der Waals surface area contributed by atoms with Gasteiger partial charge in [-0.1, -0.05) is 13.0 Å². The lowest BCUT2D eigenvalue weighted by atomic mass is 10.1. The first kappa shape index (κ1) is 25.0. The fraction of sp³-hybridized carbons (Fsp3) is 0.600. The number of nitro groups is 1. The SMILES string of the molecule is CCc1ccc([N+](=O)[O-])cc1S(=O)(=O)NCCCN1CCNCC1.Cl.Cl. The number of non-ortho nitro benzene ring substituents is 1. The first-order valence-electron chi connectivity index (χ1n) is 8.14. The van der Waals surface area contributed by atoms with Crippen molar-refractivity contribution < 1.29 is 13.3 Å². The molecule has 1 aromatic rings. The number of sulfonamides is 1. The maximum atomic E-state index is 12.5. The Balaban J connectivity index is 0.00000312. The summed E-state index contributed by atoms with van der Waals surface area (Å²) in [5.41, 5.74) is 0.364. The van der Waals surface area contributed by atoms with E-state index in [1.54, 1.807) is 0 Å². The van der Waals surface area contributed by atoms with Gasteiger partial charge in [-0.25, -0.2) is 13.1 Å². The molecule has 1 aliphatic heterocycles. The third-order valence-electron chi connectivity index (χ3n) is 4.08. The molecule has 1 heterocycles. The Hall–Kier alpha value is -0.970. The number of benzene rings is 1. The lowest BCUT2D eigenvalue weighted by Gasteiger charge is -2.27. The summed E-state index contributed by atoms with van der Waals surface area (Å²) >= 11 is 0. The first-order chi connectivity index (χ1) is 11.4. The molecular formula is C15H26Cl2N4O4S. The molecule has 0 bridgehead atoms. The van der Waals surface area contributed by atoms with Crippen LogP contribution in [-0.4, -0.2) is 57.5 Å². The third-order valence-corrected chi connectivity index (χ3v) is 5.63. The van der Waals surface area contributed by atoms with Crippen molar-refractivity contribution in [3.05, 3.63) is 33.9 Å². The fourth-order valence-corrected chi connectivity index (χ4v) is 4.12. The van der Waals surface area contributed by atoms with E-state index in [2.05, 4.69) is 14.9 Å². The predicted molar refractivity (Wildman–Crippen MR) is 106 cm³/mol. The molecule has 0 aliphatic carbocycles. The van der Waals surface area contributed by atoms with Crippen LogP contribution in [0.4, 0.5) is 5.69 Å². The number of hydrogen-bond donors (Lipinski definition) is 2. The lowest BCUT2D eigenvalue weighted by molar-refractivity contribution is -0.385. The second-order valence-corrected chi connectivity index (χ2v) is 7.48. The molecule has 0 aromatic heterocycles. The monoisotopic (exact) mass is 428 g/mol. The van der Waals surface area contributed by atoms with Gasteiger partial charge in [-0.3, -0.25) is 10.1 Å². The van der Waals surface area contributed by atoms with Crippen LogP contribution in [0.5, 0.6) is 0 Å². The molecule has 1 saturated heterocycles. The van der Waals surface area contributed by atoms with E-state index < -0.39 is 14.9 Å². The van der Waals surface area contributed by atoms with E-state index >= 15 is 0 Å². The highest BCUT2D eigenvalue weighted by molar-refractivity contribution is 7.89. The average molecular weight is 429 g/mol. The van der Waals surface area contributed by atoms with Gasteiger partial charge in [0.15, 0.2) is 0 Å². The van der Waals surface area contributed by atoms with Crippen LogP contribution in [0.15, 0.2) is 23.1 Å². The van der Waals surface area contributed by atoms with Crippen molar-refractivity contribution in [2.24, 2.45) is 0 Å². The molecule has 0 saturated carbocycles. The molecule has 2 rings (SSSR count). The van der Waals surface area contributed by atoms with E-state index in [4.69, 9.17) is 0 Å². The van der Waals surface area contributed by atoms with Crippen LogP contribution in [0.1, 0.15) is 18.9 Å². The van der Waals surface area contributed by atoms with Gasteiger partial charge in [0.05, 0.1) is 9.82 Å². The molecule has 1 aliphatic rings. The number of nitrogens with one attached hydrogen (secondary N) is 2. The van der Waals surface area contributed by atoms with Gasteiger partial charge in [-0.05, 0) is 24.9 Å². The zero-order valence-corrected chi connectivity index (χ0v) is 17.1. The van der Waals surface area contributed by atoms with Crippen LogP contribution in [0, 0.1) is 10.1 Å². The van der Waals surface area contributed by atoms with E-state index in [-0.39, 0.29) is 35.4 Å². The Bertz CT molecular complexity index is 682. The number of halogens is 2. The summed E-state index contributed by atoms with van der Waals surface area (Å²) in [7, 11) is -3.75. The third kappa shape index (κ3) is 6.98. The smallest absolute Gasteiger partial charge is 0.270 e. The van der Waals surface area contributed by atoms with E-state index in [0.717, 1.165) is 38.8 Å². The molecule has 0 unspecified atom stereocenters. The standard InChI is InChI=1S/C15H24N4O4S.2ClH/c1-2-13-4-5-14(19(20)21)12-15(13)24(22,23)17-6-3-9-18-10-7-16-8-11-18;;/h4-5,12,16-17H,2-3,6-11H2,1H3;2*1H. The molecular weight excluding hydrogens is 403 g/mol. The molecule has 0 radical (unpaired) electrons. The van der Waals surface area contributed by atoms with Crippen LogP contribution in [-0.2, 0) is 16.4 Å². The number of piperazine rings is 1. The number of nitrogens with zero attached hydrogens (tertiary/aromatic N) is 2. The van der Waals surface area contributed by atoms with E-state index in [9.17, 15) is 18.5 Å². The minimum atomic E-state index is -3.75. The van der Waals surface area contributed by atoms with E-state index in [1.165, 1.54) is 12.1 Å². The molecule has 0 atom stereocenters. The number of rotatable bonds is 8. The maximum Gasteiger partial charge on any atom is 0.270 e. The normalized spacial score (nSPS) is 15.0. The van der Waals surface area contributed by atoms with Crippen molar-refractivity contribution in [1.82, 2.24) is 14.9 Å². The number of aryl methyl sites for hydroxylation is 1. The van der Waals surface area contributed by atoms with Gasteiger partial charge in [0.2, 0.25) is 10.0 Å². The highest BCUT2D eigenvalue weighted by atomic mass is 35.5. The molecule has 150 valence electrons. The Labute approximate surface area is 166 Å². The van der Waals surface area contributed by atoms with Crippen molar-refractivity contribution in [3.8, 4) is 0 Å². The van der Waals surface area contributed by atoms with Gasteiger partial charge in [0, 0.05) is 44.9 Å². The summed E-state index contributed by atoms with van der Waals surface area (Å²) in [6.45, 7) is 6.83. The highest BCUT2D eigenvalue weighted by Gasteiger charge is 2.21. The average Bonchev–Trinajstić information content (AvgIpc) is 2.59. The summed E-state index contributed by atoms with van der Waals surface area (Å²) in [6, 6.07) is 3.98. The Kier molecular flexibility index (Phi) is 11.2. The second-order valence-electron chi connectivity index (χ2n) is 5.75. The van der Waals surface area contributed by atoms with E-state index in [0.29, 0.717) is 24.9 Å². The zero-order chi connectivity index (χ0) is 17.6. The van der Waals surface area contributed by atoms with Gasteiger partial charge < -0.3 is 10.2 Å². The Morgan fingerprint density at radius 1 is 1.27 bits per heavy atom. The maximum absolute atomic E-state index is 12.5. The second kappa shape index (κ2) is 11.7. The number of hydrogen-bond acceptors (Lipinski definition) is 6. The highest BCUT2D eigenvalue weighted by Crippen LogP contribution is 2.22. The first-order valence-corrected chi connectivity index (χ1v) is 9.62. The molecule has 8 nitrogen and oxygen atoms in total. The van der Waals surface area contributed by atoms with Crippen molar-refractivity contribution in [1.29, 1.82) is 0 Å². The minimum absolute atomic E-state index is 0. The van der Waals surface area contributed by atoms with Crippen LogP contribution in [0.25, 0.3) is 0 Å². The summed E-state index contributed by atoms with van der Waals surface area (Å²) in [5, 5.41) is 14.2. The van der Waals surface area contributed by atoms with Crippen molar-refractivity contribution in [2.45, 2.75) is 24.7 Å². The van der Waals surface area contributed by atoms with Gasteiger partial charge in [0.25, 0.3) is 5.69 Å². The van der Waals surface area contributed by atoms with Crippen molar-refractivity contribution >= 4 is 40.5 Å². The zero-order valence-electron chi connectivity index (χ0n) is 14.6. The molecule has 2 N–H and O–H groups in total. The van der Waals surface area contributed by atoms with Crippen LogP contribution < -0.4 is 10.0 Å². The summed E-state index contributed by atoms with van der Waals surface area (Å²) < 4.78 is 27.5. The van der Waals surface area contributed by atoms with Crippen LogP contribution in [0.2, 0.25) is 0 Å². The Morgan fingerprint density at radius 2 is 1.92 bits per heavy atom. The molecule has 1 aromatic carbocycles. The molecule has 1 fully saturated rings. The predicted octanol–water partition coefficient (Wildman–Crippen LogP) is 1.57. The van der Waals surface area contributed by atoms with Crippen molar-refractivity contribution in [3.63, 3.8) is 0 Å².